The minimum atomic E-state index is 0.488. The molecule has 9 heteroatoms. The molecule has 1 aliphatic heterocycles. The molecule has 0 unspecified atom stereocenters. The normalized spacial score (nSPS) is 12.4. The summed E-state index contributed by atoms with van der Waals surface area (Å²) in [6.45, 7) is 3.13. The van der Waals surface area contributed by atoms with E-state index in [1.807, 2.05) is 24.0 Å². The molecular formula is C16H13BrN8. The van der Waals surface area contributed by atoms with Crippen molar-refractivity contribution in [1.82, 2.24) is 39.1 Å². The van der Waals surface area contributed by atoms with Crippen molar-refractivity contribution >= 4 is 15.9 Å². The van der Waals surface area contributed by atoms with Gasteiger partial charge in [-0.05, 0) is 25.1 Å². The van der Waals surface area contributed by atoms with Crippen LogP contribution in [0.25, 0.3) is 17.1 Å². The number of nitrogens with zero attached hydrogens (tertiary/aromatic N) is 8. The van der Waals surface area contributed by atoms with Crippen LogP contribution >= 0.6 is 15.9 Å². The molecular weight excluding hydrogens is 384 g/mol. The van der Waals surface area contributed by atoms with E-state index in [9.17, 15) is 0 Å². The first-order valence-corrected chi connectivity index (χ1v) is 8.57. The van der Waals surface area contributed by atoms with Gasteiger partial charge >= 0.3 is 0 Å². The van der Waals surface area contributed by atoms with E-state index in [4.69, 9.17) is 10.1 Å². The fourth-order valence-corrected chi connectivity index (χ4v) is 3.49. The maximum atomic E-state index is 4.77. The van der Waals surface area contributed by atoms with Gasteiger partial charge < -0.3 is 4.57 Å². The van der Waals surface area contributed by atoms with E-state index in [0.29, 0.717) is 18.9 Å². The van der Waals surface area contributed by atoms with E-state index in [0.717, 1.165) is 32.9 Å². The first-order chi connectivity index (χ1) is 12.2. The topological polar surface area (TPSA) is 79.2 Å². The van der Waals surface area contributed by atoms with Gasteiger partial charge in [0.25, 0.3) is 0 Å². The van der Waals surface area contributed by atoms with Crippen LogP contribution in [0.5, 0.6) is 0 Å². The second-order valence-electron chi connectivity index (χ2n) is 5.91. The Morgan fingerprint density at radius 3 is 3.00 bits per heavy atom. The molecule has 0 spiro atoms. The van der Waals surface area contributed by atoms with Gasteiger partial charge in [-0.1, -0.05) is 15.9 Å². The third kappa shape index (κ3) is 2.30. The quantitative estimate of drug-likeness (QED) is 0.456. The lowest BCUT2D eigenvalue weighted by Crippen LogP contribution is -2.07. The SMILES string of the molecule is Cc1ncn2c1Cn1nc(Cn3cncn3)nc1-c1cc(Br)ccc1-2. The van der Waals surface area contributed by atoms with E-state index in [2.05, 4.69) is 47.7 Å². The molecule has 1 aromatic carbocycles. The van der Waals surface area contributed by atoms with Crippen molar-refractivity contribution in [3.63, 3.8) is 0 Å². The van der Waals surface area contributed by atoms with Crippen molar-refractivity contribution in [3.05, 3.63) is 58.9 Å². The van der Waals surface area contributed by atoms with Crippen molar-refractivity contribution in [2.24, 2.45) is 0 Å². The average molecular weight is 397 g/mol. The minimum absolute atomic E-state index is 0.488. The van der Waals surface area contributed by atoms with Gasteiger partial charge in [-0.2, -0.15) is 10.2 Å². The molecule has 0 N–H and O–H groups in total. The van der Waals surface area contributed by atoms with Crippen molar-refractivity contribution in [2.45, 2.75) is 20.0 Å². The molecule has 124 valence electrons. The zero-order valence-corrected chi connectivity index (χ0v) is 14.9. The maximum Gasteiger partial charge on any atom is 0.172 e. The number of fused-ring (bicyclic) bond motifs is 5. The van der Waals surface area contributed by atoms with E-state index >= 15 is 0 Å². The van der Waals surface area contributed by atoms with E-state index in [1.54, 1.807) is 11.0 Å². The molecule has 1 aliphatic rings. The summed E-state index contributed by atoms with van der Waals surface area (Å²) in [6, 6.07) is 6.17. The first-order valence-electron chi connectivity index (χ1n) is 7.78. The third-order valence-corrected chi connectivity index (χ3v) is 4.81. The minimum Gasteiger partial charge on any atom is -0.300 e. The third-order valence-electron chi connectivity index (χ3n) is 4.32. The van der Waals surface area contributed by atoms with Crippen molar-refractivity contribution in [3.8, 4) is 17.1 Å². The lowest BCUT2D eigenvalue weighted by molar-refractivity contribution is 0.620. The van der Waals surface area contributed by atoms with Crippen LogP contribution in [-0.4, -0.2) is 39.1 Å². The predicted octanol–water partition coefficient (Wildman–Crippen LogP) is 2.20. The van der Waals surface area contributed by atoms with Gasteiger partial charge in [0.2, 0.25) is 0 Å². The fraction of sp³-hybridized carbons (Fsp3) is 0.188. The van der Waals surface area contributed by atoms with Gasteiger partial charge in [-0.15, -0.1) is 0 Å². The van der Waals surface area contributed by atoms with Crippen LogP contribution in [0.1, 0.15) is 17.2 Å². The summed E-state index contributed by atoms with van der Waals surface area (Å²) in [6.07, 6.45) is 5.03. The Morgan fingerprint density at radius 2 is 2.16 bits per heavy atom. The highest BCUT2D eigenvalue weighted by atomic mass is 79.9. The molecule has 25 heavy (non-hydrogen) atoms. The zero-order valence-electron chi connectivity index (χ0n) is 13.3. The van der Waals surface area contributed by atoms with Gasteiger partial charge in [-0.3, -0.25) is 0 Å². The van der Waals surface area contributed by atoms with E-state index in [1.165, 1.54) is 6.33 Å². The number of hydrogen-bond donors (Lipinski definition) is 0. The molecule has 0 saturated carbocycles. The molecule has 0 bridgehead atoms. The Bertz CT molecular complexity index is 1080. The van der Waals surface area contributed by atoms with E-state index < -0.39 is 0 Å². The Balaban J connectivity index is 1.70. The van der Waals surface area contributed by atoms with Crippen LogP contribution in [0.4, 0.5) is 0 Å². The highest BCUT2D eigenvalue weighted by Crippen LogP contribution is 2.33. The largest absolute Gasteiger partial charge is 0.300 e. The van der Waals surface area contributed by atoms with Crippen LogP contribution in [0.3, 0.4) is 0 Å². The molecule has 0 amide bonds. The maximum absolute atomic E-state index is 4.77. The summed E-state index contributed by atoms with van der Waals surface area (Å²) >= 11 is 3.56. The number of halogens is 1. The van der Waals surface area contributed by atoms with Crippen molar-refractivity contribution < 1.29 is 0 Å². The second kappa shape index (κ2) is 5.35. The number of aromatic nitrogens is 8. The van der Waals surface area contributed by atoms with Gasteiger partial charge in [0.05, 0.1) is 29.9 Å². The Labute approximate surface area is 151 Å². The Morgan fingerprint density at radius 1 is 1.24 bits per heavy atom. The monoisotopic (exact) mass is 396 g/mol. The lowest BCUT2D eigenvalue weighted by Gasteiger charge is -2.08. The highest BCUT2D eigenvalue weighted by molar-refractivity contribution is 9.10. The predicted molar refractivity (Wildman–Crippen MR) is 93.2 cm³/mol. The van der Waals surface area contributed by atoms with Crippen molar-refractivity contribution in [1.29, 1.82) is 0 Å². The molecule has 5 rings (SSSR count). The first kappa shape index (κ1) is 14.5. The number of aryl methyl sites for hydroxylation is 1. The number of rotatable bonds is 2. The van der Waals surface area contributed by atoms with Crippen LogP contribution < -0.4 is 0 Å². The van der Waals surface area contributed by atoms with Crippen LogP contribution in [0.2, 0.25) is 0 Å². The Kier molecular flexibility index (Phi) is 3.11. The molecule has 0 fully saturated rings. The summed E-state index contributed by atoms with van der Waals surface area (Å²) in [5, 5.41) is 8.83. The molecule has 0 aliphatic carbocycles. The average Bonchev–Trinajstić information content (AvgIpc) is 3.30. The molecule has 4 aromatic rings. The smallest absolute Gasteiger partial charge is 0.172 e. The fourth-order valence-electron chi connectivity index (χ4n) is 3.13. The zero-order chi connectivity index (χ0) is 17.0. The molecule has 0 atom stereocenters. The molecule has 0 radical (unpaired) electrons. The standard InChI is InChI=1S/C16H13BrN8/c1-10-14-5-25-16(21-15(22-25)6-23-8-18-7-20-23)12-4-11(17)2-3-13(12)24(14)9-19-10/h2-4,7-9H,5-6H2,1H3. The molecule has 8 nitrogen and oxygen atoms in total. The van der Waals surface area contributed by atoms with Gasteiger partial charge in [0, 0.05) is 10.0 Å². The highest BCUT2D eigenvalue weighted by Gasteiger charge is 2.24. The summed E-state index contributed by atoms with van der Waals surface area (Å²) < 4.78 is 6.77. The van der Waals surface area contributed by atoms with Crippen LogP contribution in [-0.2, 0) is 13.1 Å². The number of imidazole rings is 1. The van der Waals surface area contributed by atoms with Gasteiger partial charge in [0.15, 0.2) is 11.6 Å². The van der Waals surface area contributed by atoms with Gasteiger partial charge in [-0.25, -0.2) is 24.3 Å². The second-order valence-corrected chi connectivity index (χ2v) is 6.83. The van der Waals surface area contributed by atoms with Gasteiger partial charge in [0.1, 0.15) is 19.2 Å². The Hall–Kier alpha value is -2.81. The van der Waals surface area contributed by atoms with Crippen molar-refractivity contribution in [2.75, 3.05) is 0 Å². The summed E-state index contributed by atoms with van der Waals surface area (Å²) in [4.78, 5) is 13.2. The number of benzene rings is 1. The lowest BCUT2D eigenvalue weighted by atomic mass is 10.1. The molecule has 4 heterocycles. The summed E-state index contributed by atoms with van der Waals surface area (Å²) in [5.41, 5.74) is 4.18. The van der Waals surface area contributed by atoms with Crippen LogP contribution in [0, 0.1) is 6.92 Å². The summed E-state index contributed by atoms with van der Waals surface area (Å²) in [5.74, 6) is 1.55. The molecule has 3 aromatic heterocycles. The molecule has 0 saturated heterocycles. The number of hydrogen-bond acceptors (Lipinski definition) is 5. The summed E-state index contributed by atoms with van der Waals surface area (Å²) in [7, 11) is 0. The van der Waals surface area contributed by atoms with E-state index in [-0.39, 0.29) is 0 Å². The van der Waals surface area contributed by atoms with Crippen LogP contribution in [0.15, 0.2) is 41.7 Å².